The molecule has 1 saturated heterocycles. The largest absolute Gasteiger partial charge is 0.497 e. The van der Waals surface area contributed by atoms with E-state index in [2.05, 4.69) is 10.1 Å². The van der Waals surface area contributed by atoms with Crippen LogP contribution in [-0.2, 0) is 6.42 Å². The number of nitrogens with zero attached hydrogens (tertiary/aromatic N) is 3. The van der Waals surface area contributed by atoms with E-state index >= 15 is 0 Å². The van der Waals surface area contributed by atoms with Gasteiger partial charge in [0.05, 0.1) is 13.3 Å². The lowest BCUT2D eigenvalue weighted by molar-refractivity contribution is 0.0672. The van der Waals surface area contributed by atoms with Crippen molar-refractivity contribution in [1.82, 2.24) is 15.0 Å². The molecule has 7 nitrogen and oxygen atoms in total. The van der Waals surface area contributed by atoms with Gasteiger partial charge in [-0.15, -0.1) is 0 Å². The highest BCUT2D eigenvalue weighted by Gasteiger charge is 2.35. The van der Waals surface area contributed by atoms with Crippen molar-refractivity contribution in [3.05, 3.63) is 89.6 Å². The fraction of sp³-hybridized carbons (Fsp3) is 0.240. The highest BCUT2D eigenvalue weighted by Crippen LogP contribution is 2.34. The topological polar surface area (TPSA) is 81.6 Å². The molecule has 0 N–H and O–H groups in total. The number of carbonyl (C=O) groups excluding carboxylic acids is 1. The van der Waals surface area contributed by atoms with Crippen molar-refractivity contribution in [3.63, 3.8) is 0 Å². The Labute approximate surface area is 189 Å². The first-order chi connectivity index (χ1) is 16.1. The van der Waals surface area contributed by atoms with Crippen molar-refractivity contribution in [2.75, 3.05) is 13.7 Å². The zero-order valence-electron chi connectivity index (χ0n) is 18.0. The van der Waals surface area contributed by atoms with Crippen molar-refractivity contribution in [2.24, 2.45) is 0 Å². The van der Waals surface area contributed by atoms with Gasteiger partial charge in [-0.25, -0.2) is 9.37 Å². The molecule has 168 valence electrons. The molecule has 0 bridgehead atoms. The molecule has 0 aliphatic carbocycles. The molecule has 1 atom stereocenters. The second kappa shape index (κ2) is 8.90. The van der Waals surface area contributed by atoms with Crippen LogP contribution in [-0.4, -0.2) is 34.6 Å². The maximum atomic E-state index is 13.5. The van der Waals surface area contributed by atoms with Crippen LogP contribution in [0.5, 0.6) is 5.75 Å². The Hall–Kier alpha value is -3.94. The number of oxazole rings is 1. The number of carbonyl (C=O) groups is 1. The van der Waals surface area contributed by atoms with Crippen LogP contribution in [0, 0.1) is 5.82 Å². The number of likely N-dealkylation sites (tertiary alicyclic amines) is 1. The molecule has 1 amide bonds. The fourth-order valence-electron chi connectivity index (χ4n) is 4.11. The van der Waals surface area contributed by atoms with Gasteiger partial charge in [0.2, 0.25) is 11.7 Å². The Morgan fingerprint density at radius 3 is 2.94 bits per heavy atom. The minimum Gasteiger partial charge on any atom is -0.497 e. The number of ether oxygens (including phenoxy) is 1. The van der Waals surface area contributed by atoms with Gasteiger partial charge < -0.3 is 18.6 Å². The van der Waals surface area contributed by atoms with Gasteiger partial charge in [0.15, 0.2) is 0 Å². The number of hydrogen-bond donors (Lipinski definition) is 0. The number of amides is 1. The van der Waals surface area contributed by atoms with Crippen molar-refractivity contribution in [3.8, 4) is 17.0 Å². The molecule has 4 aromatic rings. The summed E-state index contributed by atoms with van der Waals surface area (Å²) in [5.74, 6) is 1.39. The maximum absolute atomic E-state index is 13.5. The smallest absolute Gasteiger partial charge is 0.293 e. The van der Waals surface area contributed by atoms with E-state index in [0.29, 0.717) is 36.1 Å². The normalized spacial score (nSPS) is 15.7. The monoisotopic (exact) mass is 447 g/mol. The first kappa shape index (κ1) is 20.9. The van der Waals surface area contributed by atoms with Crippen LogP contribution in [0.1, 0.15) is 46.7 Å². The Bertz CT molecular complexity index is 1280. The minimum absolute atomic E-state index is 0.159. The van der Waals surface area contributed by atoms with Crippen LogP contribution in [0.3, 0.4) is 0 Å². The van der Waals surface area contributed by atoms with Crippen LogP contribution >= 0.6 is 0 Å². The van der Waals surface area contributed by atoms with Crippen molar-refractivity contribution in [2.45, 2.75) is 25.3 Å². The number of hydrogen-bond acceptors (Lipinski definition) is 6. The Kier molecular flexibility index (Phi) is 5.64. The average molecular weight is 447 g/mol. The van der Waals surface area contributed by atoms with E-state index in [1.54, 1.807) is 30.3 Å². The molecule has 3 heterocycles. The van der Waals surface area contributed by atoms with Crippen molar-refractivity contribution < 1.29 is 22.9 Å². The molecule has 0 unspecified atom stereocenters. The van der Waals surface area contributed by atoms with Crippen molar-refractivity contribution in [1.29, 1.82) is 0 Å². The average Bonchev–Trinajstić information content (AvgIpc) is 3.59. The highest BCUT2D eigenvalue weighted by atomic mass is 19.1. The molecule has 0 radical (unpaired) electrons. The molecular weight excluding hydrogens is 425 g/mol. The molecule has 0 spiro atoms. The summed E-state index contributed by atoms with van der Waals surface area (Å²) < 4.78 is 30.0. The fourth-order valence-corrected chi connectivity index (χ4v) is 4.11. The van der Waals surface area contributed by atoms with Crippen LogP contribution in [0.4, 0.5) is 4.39 Å². The molecule has 2 aromatic heterocycles. The van der Waals surface area contributed by atoms with Crippen LogP contribution in [0.25, 0.3) is 11.3 Å². The van der Waals surface area contributed by atoms with Crippen LogP contribution in [0.15, 0.2) is 69.7 Å². The number of rotatable bonds is 6. The molecule has 2 aromatic carbocycles. The van der Waals surface area contributed by atoms with Gasteiger partial charge in [0.25, 0.3) is 5.91 Å². The lowest BCUT2D eigenvalue weighted by Crippen LogP contribution is -2.30. The standard InChI is InChI=1S/C25H22FN3O4/c1-31-19-8-3-6-17(13-19)21-14-23(33-28-21)25(30)29-10-4-9-22(29)24-27-15-20(32-24)12-16-5-2-7-18(26)11-16/h2-3,5-8,11,13-15,22H,4,9-10,12H2,1H3/t22-/m1/s1. The summed E-state index contributed by atoms with van der Waals surface area (Å²) in [5, 5.41) is 4.06. The predicted octanol–water partition coefficient (Wildman–Crippen LogP) is 5.05. The van der Waals surface area contributed by atoms with Gasteiger partial charge >= 0.3 is 0 Å². The lowest BCUT2D eigenvalue weighted by Gasteiger charge is -2.20. The van der Waals surface area contributed by atoms with E-state index in [1.807, 2.05) is 30.3 Å². The Morgan fingerprint density at radius 2 is 2.09 bits per heavy atom. The molecule has 1 fully saturated rings. The van der Waals surface area contributed by atoms with Crippen molar-refractivity contribution >= 4 is 5.91 Å². The predicted molar refractivity (Wildman–Crippen MR) is 117 cm³/mol. The van der Waals surface area contributed by atoms with Gasteiger partial charge in [-0.05, 0) is 42.7 Å². The van der Waals surface area contributed by atoms with Crippen LogP contribution in [0.2, 0.25) is 0 Å². The first-order valence-electron chi connectivity index (χ1n) is 10.7. The maximum Gasteiger partial charge on any atom is 0.293 e. The SMILES string of the molecule is COc1cccc(-c2cc(C(=O)N3CCC[C@@H]3c3ncc(Cc4cccc(F)c4)o3)on2)c1. The number of halogens is 1. The van der Waals surface area contributed by atoms with E-state index in [-0.39, 0.29) is 23.5 Å². The number of aromatic nitrogens is 2. The Morgan fingerprint density at radius 1 is 1.21 bits per heavy atom. The summed E-state index contributed by atoms with van der Waals surface area (Å²) in [7, 11) is 1.59. The molecule has 0 saturated carbocycles. The molecular formula is C25H22FN3O4. The quantitative estimate of drug-likeness (QED) is 0.412. The van der Waals surface area contributed by atoms with Gasteiger partial charge in [-0.1, -0.05) is 29.4 Å². The second-order valence-corrected chi connectivity index (χ2v) is 7.94. The molecule has 8 heteroatoms. The van der Waals surface area contributed by atoms with Gasteiger partial charge in [-0.3, -0.25) is 4.79 Å². The summed E-state index contributed by atoms with van der Waals surface area (Å²) in [6.45, 7) is 0.570. The van der Waals surface area contributed by atoms with E-state index in [1.165, 1.54) is 12.1 Å². The van der Waals surface area contributed by atoms with Gasteiger partial charge in [-0.2, -0.15) is 0 Å². The number of benzene rings is 2. The lowest BCUT2D eigenvalue weighted by atomic mass is 10.1. The molecule has 1 aliphatic heterocycles. The first-order valence-corrected chi connectivity index (χ1v) is 10.7. The van der Waals surface area contributed by atoms with Gasteiger partial charge in [0.1, 0.15) is 29.1 Å². The Balaban J connectivity index is 1.32. The summed E-state index contributed by atoms with van der Waals surface area (Å²) in [6, 6.07) is 15.1. The number of methoxy groups -OCH3 is 1. The van der Waals surface area contributed by atoms with E-state index in [0.717, 1.165) is 24.0 Å². The van der Waals surface area contributed by atoms with E-state index in [4.69, 9.17) is 13.7 Å². The molecule has 5 rings (SSSR count). The third-order valence-corrected chi connectivity index (χ3v) is 5.72. The molecule has 33 heavy (non-hydrogen) atoms. The second-order valence-electron chi connectivity index (χ2n) is 7.94. The zero-order valence-corrected chi connectivity index (χ0v) is 18.0. The van der Waals surface area contributed by atoms with Crippen LogP contribution < -0.4 is 4.74 Å². The summed E-state index contributed by atoms with van der Waals surface area (Å²) >= 11 is 0. The van der Waals surface area contributed by atoms with E-state index < -0.39 is 0 Å². The summed E-state index contributed by atoms with van der Waals surface area (Å²) in [5.41, 5.74) is 2.15. The summed E-state index contributed by atoms with van der Waals surface area (Å²) in [6.07, 6.45) is 3.63. The minimum atomic E-state index is -0.292. The summed E-state index contributed by atoms with van der Waals surface area (Å²) in [4.78, 5) is 19.3. The van der Waals surface area contributed by atoms with Gasteiger partial charge in [0, 0.05) is 24.6 Å². The molecule has 1 aliphatic rings. The third-order valence-electron chi connectivity index (χ3n) is 5.72. The zero-order chi connectivity index (χ0) is 22.8. The highest BCUT2D eigenvalue weighted by molar-refractivity contribution is 5.92. The van der Waals surface area contributed by atoms with E-state index in [9.17, 15) is 9.18 Å². The third kappa shape index (κ3) is 4.37.